The smallest absolute Gasteiger partial charge is 0.433 e. The average Bonchev–Trinajstić information content (AvgIpc) is 2.57. The maximum absolute atomic E-state index is 12.4. The highest BCUT2D eigenvalue weighted by atomic mass is 35.5. The van der Waals surface area contributed by atoms with Crippen molar-refractivity contribution in [2.24, 2.45) is 16.8 Å². The van der Waals surface area contributed by atoms with E-state index in [0.29, 0.717) is 17.4 Å². The van der Waals surface area contributed by atoms with E-state index in [1.54, 1.807) is 45.2 Å². The first-order chi connectivity index (χ1) is 12.2. The Labute approximate surface area is 158 Å². The third-order valence-electron chi connectivity index (χ3n) is 3.90. The number of anilines is 1. The number of rotatable bonds is 4. The molecule has 0 bridgehead atoms. The van der Waals surface area contributed by atoms with Crippen molar-refractivity contribution in [3.63, 3.8) is 0 Å². The van der Waals surface area contributed by atoms with Crippen LogP contribution in [0.3, 0.4) is 0 Å². The Morgan fingerprint density at radius 3 is 2.81 bits per heavy atom. The van der Waals surface area contributed by atoms with Gasteiger partial charge in [0.05, 0.1) is 0 Å². The summed E-state index contributed by atoms with van der Waals surface area (Å²) < 4.78 is 5.16. The molecule has 1 unspecified atom stereocenters. The van der Waals surface area contributed by atoms with Crippen LogP contribution in [-0.2, 0) is 9.53 Å². The van der Waals surface area contributed by atoms with Crippen molar-refractivity contribution in [3.8, 4) is 0 Å². The predicted molar refractivity (Wildman–Crippen MR) is 101 cm³/mol. The molecule has 1 aromatic rings. The van der Waals surface area contributed by atoms with Crippen molar-refractivity contribution >= 4 is 35.6 Å². The average molecular weight is 381 g/mol. The lowest BCUT2D eigenvalue weighted by Gasteiger charge is -2.26. The van der Waals surface area contributed by atoms with Crippen LogP contribution in [0.2, 0.25) is 5.15 Å². The highest BCUT2D eigenvalue weighted by Gasteiger charge is 2.27. The topological polar surface area (TPSA) is 92.7 Å². The highest BCUT2D eigenvalue weighted by molar-refractivity contribution is 6.29. The number of nitrogens with zero attached hydrogens (tertiary/aromatic N) is 2. The summed E-state index contributed by atoms with van der Waals surface area (Å²) in [5, 5.41) is 0.348. The van der Waals surface area contributed by atoms with Crippen LogP contribution in [0.25, 0.3) is 0 Å². The number of hydrazine groups is 1. The molecule has 1 aliphatic carbocycles. The molecule has 7 nitrogen and oxygen atoms in total. The molecule has 2 rings (SSSR count). The number of halogens is 1. The zero-order valence-electron chi connectivity index (χ0n) is 15.3. The van der Waals surface area contributed by atoms with Crippen molar-refractivity contribution in [1.82, 2.24) is 10.4 Å². The lowest BCUT2D eigenvalue weighted by molar-refractivity contribution is -0.125. The zero-order chi connectivity index (χ0) is 19.2. The molecule has 8 heteroatoms. The number of aromatic nitrogens is 1. The van der Waals surface area contributed by atoms with Gasteiger partial charge in [0, 0.05) is 12.1 Å². The Hall–Kier alpha value is -2.15. The molecule has 2 amide bonds. The van der Waals surface area contributed by atoms with E-state index in [0.717, 1.165) is 19.3 Å². The summed E-state index contributed by atoms with van der Waals surface area (Å²) in [7, 11) is 0. The fourth-order valence-electron chi connectivity index (χ4n) is 2.76. The van der Waals surface area contributed by atoms with E-state index in [-0.39, 0.29) is 17.7 Å². The van der Waals surface area contributed by atoms with Gasteiger partial charge in [-0.25, -0.2) is 9.78 Å². The van der Waals surface area contributed by atoms with Crippen LogP contribution in [0, 0.1) is 11.8 Å². The van der Waals surface area contributed by atoms with Crippen LogP contribution in [0.5, 0.6) is 0 Å². The summed E-state index contributed by atoms with van der Waals surface area (Å²) in [5.41, 5.74) is 4.87. The summed E-state index contributed by atoms with van der Waals surface area (Å²) in [6.07, 6.45) is 4.26. The molecule has 2 N–H and O–H groups in total. The number of aliphatic imine (C=N–C) groups is 1. The Kier molecular flexibility index (Phi) is 6.97. The minimum absolute atomic E-state index is 0.0799. The monoisotopic (exact) mass is 380 g/mol. The van der Waals surface area contributed by atoms with Crippen LogP contribution in [0.4, 0.5) is 10.6 Å². The minimum atomic E-state index is -0.599. The quantitative estimate of drug-likeness (QED) is 0.468. The number of amides is 2. The molecule has 0 spiro atoms. The molecule has 142 valence electrons. The number of hydrogen-bond acceptors (Lipinski definition) is 5. The molecule has 1 aromatic heterocycles. The molecule has 1 fully saturated rings. The summed E-state index contributed by atoms with van der Waals surface area (Å²) in [6.45, 7) is 5.38. The van der Waals surface area contributed by atoms with E-state index >= 15 is 0 Å². The van der Waals surface area contributed by atoms with E-state index in [1.165, 1.54) is 0 Å². The molecular formula is C18H25ClN4O3. The maximum Gasteiger partial charge on any atom is 0.433 e. The molecule has 0 aromatic carbocycles. The van der Waals surface area contributed by atoms with Crippen molar-refractivity contribution in [3.05, 3.63) is 23.4 Å². The molecule has 1 saturated carbocycles. The summed E-state index contributed by atoms with van der Waals surface area (Å²) in [5.74, 6) is 0.300. The largest absolute Gasteiger partial charge is 0.442 e. The van der Waals surface area contributed by atoms with Gasteiger partial charge in [0.25, 0.3) is 0 Å². The lowest BCUT2D eigenvalue weighted by Crippen LogP contribution is -2.37. The SMILES string of the molecule is CC(C)(C)OC(=O)N=CC1CCC[C@H](C(=O)NNc2cccc(Cl)n2)C1. The standard InChI is InChI=1S/C18H25ClN4O3/c1-18(2,3)26-17(25)20-11-12-6-4-7-13(10-12)16(24)23-22-15-9-5-8-14(19)21-15/h5,8-9,11-13H,4,6-7,10H2,1-3H3,(H,21,22)(H,23,24)/t12?,13-/m0/s1. The number of ether oxygens (including phenoxy) is 1. The van der Waals surface area contributed by atoms with Crippen molar-refractivity contribution < 1.29 is 14.3 Å². The fraction of sp³-hybridized carbons (Fsp3) is 0.556. The first-order valence-electron chi connectivity index (χ1n) is 8.68. The molecule has 0 aliphatic heterocycles. The normalized spacial score (nSPS) is 20.6. The minimum Gasteiger partial charge on any atom is -0.442 e. The molecule has 2 atom stereocenters. The molecule has 0 saturated heterocycles. The maximum atomic E-state index is 12.4. The molecule has 1 aliphatic rings. The second-order valence-corrected chi connectivity index (χ2v) is 7.73. The zero-order valence-corrected chi connectivity index (χ0v) is 16.0. The molecule has 26 heavy (non-hydrogen) atoms. The summed E-state index contributed by atoms with van der Waals surface area (Å²) in [4.78, 5) is 32.0. The number of hydrogen-bond donors (Lipinski definition) is 2. The van der Waals surface area contributed by atoms with Gasteiger partial charge in [-0.2, -0.15) is 4.99 Å². The highest BCUT2D eigenvalue weighted by Crippen LogP contribution is 2.28. The van der Waals surface area contributed by atoms with Crippen LogP contribution in [0.15, 0.2) is 23.2 Å². The van der Waals surface area contributed by atoms with E-state index in [1.807, 2.05) is 0 Å². The third kappa shape index (κ3) is 7.00. The van der Waals surface area contributed by atoms with Gasteiger partial charge in [-0.15, -0.1) is 0 Å². The van der Waals surface area contributed by atoms with Gasteiger partial charge in [-0.05, 0) is 58.1 Å². The van der Waals surface area contributed by atoms with E-state index in [2.05, 4.69) is 20.8 Å². The molecule has 0 radical (unpaired) electrons. The summed E-state index contributed by atoms with van der Waals surface area (Å²) in [6, 6.07) is 5.11. The van der Waals surface area contributed by atoms with Crippen LogP contribution in [0.1, 0.15) is 46.5 Å². The molecule has 1 heterocycles. The van der Waals surface area contributed by atoms with Gasteiger partial charge in [0.1, 0.15) is 16.6 Å². The third-order valence-corrected chi connectivity index (χ3v) is 4.11. The van der Waals surface area contributed by atoms with Crippen LogP contribution < -0.4 is 10.9 Å². The van der Waals surface area contributed by atoms with Crippen molar-refractivity contribution in [1.29, 1.82) is 0 Å². The number of pyridine rings is 1. The molecular weight excluding hydrogens is 356 g/mol. The van der Waals surface area contributed by atoms with Crippen molar-refractivity contribution in [2.45, 2.75) is 52.1 Å². The van der Waals surface area contributed by atoms with Gasteiger partial charge in [0.2, 0.25) is 5.91 Å². The number of nitrogens with one attached hydrogen (secondary N) is 2. The van der Waals surface area contributed by atoms with Gasteiger partial charge in [0.15, 0.2) is 0 Å². The Morgan fingerprint density at radius 1 is 1.35 bits per heavy atom. The Bertz CT molecular complexity index is 673. The fourth-order valence-corrected chi connectivity index (χ4v) is 2.93. The first kappa shape index (κ1) is 20.2. The van der Waals surface area contributed by atoms with E-state index in [4.69, 9.17) is 16.3 Å². The van der Waals surface area contributed by atoms with Crippen LogP contribution >= 0.6 is 11.6 Å². The second-order valence-electron chi connectivity index (χ2n) is 7.34. The van der Waals surface area contributed by atoms with Crippen LogP contribution in [-0.4, -0.2) is 28.8 Å². The van der Waals surface area contributed by atoms with E-state index in [9.17, 15) is 9.59 Å². The van der Waals surface area contributed by atoms with Gasteiger partial charge in [-0.3, -0.25) is 15.6 Å². The Balaban J connectivity index is 1.83. The van der Waals surface area contributed by atoms with E-state index < -0.39 is 11.7 Å². The number of carbonyl (C=O) groups excluding carboxylic acids is 2. The van der Waals surface area contributed by atoms with Crippen molar-refractivity contribution in [2.75, 3.05) is 5.43 Å². The Morgan fingerprint density at radius 2 is 2.12 bits per heavy atom. The number of carbonyl (C=O) groups is 2. The second kappa shape index (κ2) is 8.98. The van der Waals surface area contributed by atoms with Gasteiger partial charge in [-0.1, -0.05) is 24.1 Å². The van der Waals surface area contributed by atoms with Gasteiger partial charge < -0.3 is 4.74 Å². The predicted octanol–water partition coefficient (Wildman–Crippen LogP) is 3.99. The summed E-state index contributed by atoms with van der Waals surface area (Å²) >= 11 is 5.81. The first-order valence-corrected chi connectivity index (χ1v) is 9.06. The van der Waals surface area contributed by atoms with Gasteiger partial charge >= 0.3 is 6.09 Å². The lowest BCUT2D eigenvalue weighted by atomic mass is 9.81.